The Labute approximate surface area is 183 Å². The van der Waals surface area contributed by atoms with Crippen LogP contribution in [-0.4, -0.2) is 37.5 Å². The zero-order valence-electron chi connectivity index (χ0n) is 16.9. The molecule has 4 heterocycles. The predicted molar refractivity (Wildman–Crippen MR) is 102 cm³/mol. The Morgan fingerprint density at radius 1 is 0.969 bits per heavy atom. The molecular formula is C22H18N4O6. The molecule has 1 spiro atoms. The van der Waals surface area contributed by atoms with Gasteiger partial charge in [-0.15, -0.1) is 0 Å². The first-order chi connectivity index (χ1) is 15.5. The number of nitrogens with zero attached hydrogens (tertiary/aromatic N) is 3. The average Bonchev–Trinajstić information content (AvgIpc) is 3.51. The summed E-state index contributed by atoms with van der Waals surface area (Å²) in [5.74, 6) is -2.49. The standard InChI is InChI=1S/C22H18N4O6/c23-9-19(10-24)17(13-1-2-14-15(7-13)28-12-27-14)31-22-4-3-20(29-5-6-30-20)8-16(22)21(19,11-25)18(26)32-22/h1-2,7,16-17,26H,3-6,8,12H2. The normalized spacial score (nSPS) is 37.1. The van der Waals surface area contributed by atoms with Gasteiger partial charge in [-0.1, -0.05) is 6.07 Å². The first-order valence-electron chi connectivity index (χ1n) is 10.4. The van der Waals surface area contributed by atoms with Crippen molar-refractivity contribution in [3.63, 3.8) is 0 Å². The molecule has 1 saturated carbocycles. The lowest BCUT2D eigenvalue weighted by molar-refractivity contribution is -0.330. The molecule has 0 aromatic heterocycles. The molecule has 4 aliphatic heterocycles. The van der Waals surface area contributed by atoms with Crippen LogP contribution in [0.5, 0.6) is 11.5 Å². The predicted octanol–water partition coefficient (Wildman–Crippen LogP) is 2.28. The summed E-state index contributed by atoms with van der Waals surface area (Å²) in [6.07, 6.45) is -0.234. The largest absolute Gasteiger partial charge is 0.454 e. The number of hydrogen-bond acceptors (Lipinski definition) is 10. The number of hydrogen-bond donors (Lipinski definition) is 1. The summed E-state index contributed by atoms with van der Waals surface area (Å²) in [5, 5.41) is 39.9. The van der Waals surface area contributed by atoms with Gasteiger partial charge in [0.1, 0.15) is 6.10 Å². The van der Waals surface area contributed by atoms with Crippen LogP contribution < -0.4 is 9.47 Å². The zero-order chi connectivity index (χ0) is 22.2. The highest BCUT2D eigenvalue weighted by Gasteiger charge is 2.82. The van der Waals surface area contributed by atoms with Gasteiger partial charge >= 0.3 is 0 Å². The first-order valence-corrected chi connectivity index (χ1v) is 10.4. The van der Waals surface area contributed by atoms with Crippen molar-refractivity contribution in [1.82, 2.24) is 0 Å². The van der Waals surface area contributed by atoms with Gasteiger partial charge < -0.3 is 28.4 Å². The van der Waals surface area contributed by atoms with Crippen LogP contribution in [0.15, 0.2) is 18.2 Å². The van der Waals surface area contributed by atoms with Crippen LogP contribution in [-0.2, 0) is 18.9 Å². The van der Waals surface area contributed by atoms with Crippen LogP contribution in [0.1, 0.15) is 30.9 Å². The fraction of sp³-hybridized carbons (Fsp3) is 0.545. The van der Waals surface area contributed by atoms with Crippen molar-refractivity contribution >= 4 is 5.90 Å². The lowest BCUT2D eigenvalue weighted by Gasteiger charge is -2.54. The van der Waals surface area contributed by atoms with Crippen molar-refractivity contribution in [2.24, 2.45) is 16.7 Å². The van der Waals surface area contributed by atoms with E-state index in [0.29, 0.717) is 36.7 Å². The highest BCUT2D eigenvalue weighted by atomic mass is 16.7. The molecule has 0 amide bonds. The highest BCUT2D eigenvalue weighted by Crippen LogP contribution is 2.71. The Bertz CT molecular complexity index is 1140. The van der Waals surface area contributed by atoms with Crippen molar-refractivity contribution in [3.8, 4) is 29.7 Å². The van der Waals surface area contributed by atoms with E-state index < -0.39 is 40.3 Å². The van der Waals surface area contributed by atoms with Gasteiger partial charge in [-0.25, -0.2) is 0 Å². The fourth-order valence-electron chi connectivity index (χ4n) is 5.93. The van der Waals surface area contributed by atoms with Gasteiger partial charge in [-0.2, -0.15) is 15.8 Å². The minimum atomic E-state index is -2.05. The Morgan fingerprint density at radius 2 is 1.72 bits per heavy atom. The van der Waals surface area contributed by atoms with E-state index in [1.54, 1.807) is 18.2 Å². The lowest BCUT2D eigenvalue weighted by Crippen LogP contribution is -2.63. The number of nitrogens with one attached hydrogen (secondary N) is 1. The van der Waals surface area contributed by atoms with Gasteiger partial charge in [0.25, 0.3) is 0 Å². The molecule has 1 aromatic carbocycles. The van der Waals surface area contributed by atoms with Crippen molar-refractivity contribution in [1.29, 1.82) is 21.2 Å². The van der Waals surface area contributed by atoms with Crippen LogP contribution in [0.2, 0.25) is 0 Å². The topological polar surface area (TPSA) is 151 Å². The van der Waals surface area contributed by atoms with Crippen LogP contribution >= 0.6 is 0 Å². The molecular weight excluding hydrogens is 416 g/mol. The molecule has 2 bridgehead atoms. The SMILES string of the molecule is N#CC1(C#N)C(c2ccc3c(c2)OCO3)OC23CCC4(CC2C1(C#N)C(=N)O3)OCCO4. The summed E-state index contributed by atoms with van der Waals surface area (Å²) in [6.45, 7) is 0.899. The van der Waals surface area contributed by atoms with E-state index >= 15 is 0 Å². The van der Waals surface area contributed by atoms with E-state index in [1.807, 2.05) is 0 Å². The van der Waals surface area contributed by atoms with Crippen LogP contribution in [0.25, 0.3) is 0 Å². The third-order valence-corrected chi connectivity index (χ3v) is 7.43. The molecule has 10 heteroatoms. The van der Waals surface area contributed by atoms with E-state index in [4.69, 9.17) is 33.8 Å². The van der Waals surface area contributed by atoms with Gasteiger partial charge in [0.2, 0.25) is 23.9 Å². The second-order valence-corrected chi connectivity index (χ2v) is 8.67. The second kappa shape index (κ2) is 6.11. The first kappa shape index (κ1) is 19.3. The summed E-state index contributed by atoms with van der Waals surface area (Å²) in [5.41, 5.74) is -3.44. The molecule has 4 fully saturated rings. The van der Waals surface area contributed by atoms with E-state index in [9.17, 15) is 15.8 Å². The Balaban J connectivity index is 1.54. The third-order valence-electron chi connectivity index (χ3n) is 7.43. The monoisotopic (exact) mass is 434 g/mol. The van der Waals surface area contributed by atoms with Gasteiger partial charge in [-0.3, -0.25) is 5.41 Å². The smallest absolute Gasteiger partial charge is 0.231 e. The molecule has 4 unspecified atom stereocenters. The van der Waals surface area contributed by atoms with Crippen molar-refractivity contribution in [3.05, 3.63) is 23.8 Å². The summed E-state index contributed by atoms with van der Waals surface area (Å²) >= 11 is 0. The van der Waals surface area contributed by atoms with Gasteiger partial charge in [0, 0.05) is 19.3 Å². The number of ether oxygens (including phenoxy) is 6. The van der Waals surface area contributed by atoms with Gasteiger partial charge in [0.05, 0.1) is 37.3 Å². The van der Waals surface area contributed by atoms with Crippen molar-refractivity contribution < 1.29 is 28.4 Å². The lowest BCUT2D eigenvalue weighted by atomic mass is 9.51. The highest BCUT2D eigenvalue weighted by molar-refractivity contribution is 5.89. The van der Waals surface area contributed by atoms with Crippen LogP contribution in [0, 0.1) is 56.2 Å². The quantitative estimate of drug-likeness (QED) is 0.702. The molecule has 10 nitrogen and oxygen atoms in total. The number of nitriles is 3. The Morgan fingerprint density at radius 3 is 2.44 bits per heavy atom. The van der Waals surface area contributed by atoms with E-state index in [0.717, 1.165) is 0 Å². The van der Waals surface area contributed by atoms with Crippen molar-refractivity contribution in [2.45, 2.75) is 36.9 Å². The molecule has 3 saturated heterocycles. The minimum Gasteiger partial charge on any atom is -0.454 e. The summed E-state index contributed by atoms with van der Waals surface area (Å²) in [6, 6.07) is 11.3. The summed E-state index contributed by atoms with van der Waals surface area (Å²) in [4.78, 5) is 0. The molecule has 1 N–H and O–H groups in total. The molecule has 162 valence electrons. The van der Waals surface area contributed by atoms with E-state index in [2.05, 4.69) is 18.2 Å². The van der Waals surface area contributed by atoms with Gasteiger partial charge in [-0.05, 0) is 17.7 Å². The molecule has 4 atom stereocenters. The van der Waals surface area contributed by atoms with Crippen LogP contribution in [0.4, 0.5) is 0 Å². The molecule has 32 heavy (non-hydrogen) atoms. The van der Waals surface area contributed by atoms with Crippen molar-refractivity contribution in [2.75, 3.05) is 20.0 Å². The molecule has 5 aliphatic rings. The van der Waals surface area contributed by atoms with Gasteiger partial charge in [0.15, 0.2) is 22.7 Å². The summed E-state index contributed by atoms with van der Waals surface area (Å²) in [7, 11) is 0. The molecule has 1 aliphatic carbocycles. The van der Waals surface area contributed by atoms with Crippen LogP contribution in [0.3, 0.4) is 0 Å². The number of fused-ring (bicyclic) bond motifs is 1. The molecule has 1 aromatic rings. The van der Waals surface area contributed by atoms with E-state index in [-0.39, 0.29) is 19.6 Å². The maximum absolute atomic E-state index is 10.5. The summed E-state index contributed by atoms with van der Waals surface area (Å²) < 4.78 is 34.9. The third kappa shape index (κ3) is 2.04. The average molecular weight is 434 g/mol. The Hall–Kier alpha value is -3.36. The number of benzene rings is 1. The zero-order valence-corrected chi connectivity index (χ0v) is 16.9. The maximum atomic E-state index is 10.5. The minimum absolute atomic E-state index is 0.0654. The number of rotatable bonds is 1. The second-order valence-electron chi connectivity index (χ2n) is 8.67. The molecule has 6 rings (SSSR count). The molecule has 0 radical (unpaired) electrons. The Kier molecular flexibility index (Phi) is 3.69. The van der Waals surface area contributed by atoms with E-state index in [1.165, 1.54) is 0 Å². The maximum Gasteiger partial charge on any atom is 0.231 e. The fourth-order valence-corrected chi connectivity index (χ4v) is 5.93.